The van der Waals surface area contributed by atoms with Crippen LogP contribution in [0, 0.1) is 6.92 Å². The first-order valence-corrected chi connectivity index (χ1v) is 7.40. The highest BCUT2D eigenvalue weighted by atomic mass is 15.5. The number of rotatable bonds is 6. The van der Waals surface area contributed by atoms with Crippen molar-refractivity contribution in [3.05, 3.63) is 60.2 Å². The maximum Gasteiger partial charge on any atom is 0.0969 e. The van der Waals surface area contributed by atoms with Crippen LogP contribution in [0.5, 0.6) is 0 Å². The fourth-order valence-electron chi connectivity index (χ4n) is 2.25. The Kier molecular flexibility index (Phi) is 4.29. The summed E-state index contributed by atoms with van der Waals surface area (Å²) in [6.07, 6.45) is 5.72. The maximum absolute atomic E-state index is 4.48. The lowest BCUT2D eigenvalue weighted by Gasteiger charge is -2.12. The van der Waals surface area contributed by atoms with Gasteiger partial charge in [0.2, 0.25) is 0 Å². The first-order valence-electron chi connectivity index (χ1n) is 7.40. The van der Waals surface area contributed by atoms with E-state index in [4.69, 9.17) is 0 Å². The number of hydrogen-bond acceptors (Lipinski definition) is 4. The molecule has 0 bridgehead atoms. The van der Waals surface area contributed by atoms with E-state index in [1.54, 1.807) is 11.0 Å². The summed E-state index contributed by atoms with van der Waals surface area (Å²) in [6.45, 7) is 5.71. The molecular formula is C16H20N6. The third-order valence-electron chi connectivity index (χ3n) is 3.38. The minimum atomic E-state index is 0.307. The first-order chi connectivity index (χ1) is 10.7. The van der Waals surface area contributed by atoms with Crippen LogP contribution in [0.25, 0.3) is 5.69 Å². The molecule has 1 N–H and O–H groups in total. The smallest absolute Gasteiger partial charge is 0.0969 e. The lowest BCUT2D eigenvalue weighted by Crippen LogP contribution is -2.30. The summed E-state index contributed by atoms with van der Waals surface area (Å²) in [7, 11) is 0. The van der Waals surface area contributed by atoms with Crippen molar-refractivity contribution < 1.29 is 0 Å². The second kappa shape index (κ2) is 6.53. The van der Waals surface area contributed by atoms with Crippen LogP contribution >= 0.6 is 0 Å². The van der Waals surface area contributed by atoms with Gasteiger partial charge in [0.15, 0.2) is 0 Å². The molecule has 22 heavy (non-hydrogen) atoms. The molecular weight excluding hydrogens is 276 g/mol. The molecule has 0 saturated carbocycles. The minimum Gasteiger partial charge on any atom is -0.307 e. The van der Waals surface area contributed by atoms with E-state index in [0.717, 1.165) is 17.9 Å². The molecule has 2 aromatic heterocycles. The van der Waals surface area contributed by atoms with Gasteiger partial charge in [-0.3, -0.25) is 4.68 Å². The normalized spacial score (nSPS) is 12.5. The number of benzene rings is 1. The van der Waals surface area contributed by atoms with E-state index in [1.807, 2.05) is 54.3 Å². The summed E-state index contributed by atoms with van der Waals surface area (Å²) in [5.41, 5.74) is 3.07. The summed E-state index contributed by atoms with van der Waals surface area (Å²) in [4.78, 5) is 1.65. The van der Waals surface area contributed by atoms with Crippen molar-refractivity contribution in [2.24, 2.45) is 0 Å². The van der Waals surface area contributed by atoms with E-state index in [1.165, 1.54) is 5.56 Å². The molecule has 6 nitrogen and oxygen atoms in total. The zero-order valence-electron chi connectivity index (χ0n) is 12.8. The van der Waals surface area contributed by atoms with Crippen LogP contribution in [0.2, 0.25) is 0 Å². The fraction of sp³-hybridized carbons (Fsp3) is 0.312. The number of aromatic nitrogens is 5. The van der Waals surface area contributed by atoms with Crippen molar-refractivity contribution in [2.75, 3.05) is 0 Å². The van der Waals surface area contributed by atoms with Crippen LogP contribution in [-0.2, 0) is 13.1 Å². The number of aryl methyl sites for hydroxylation is 1. The Balaban J connectivity index is 1.54. The summed E-state index contributed by atoms with van der Waals surface area (Å²) in [5, 5.41) is 16.5. The Morgan fingerprint density at radius 3 is 2.68 bits per heavy atom. The monoisotopic (exact) mass is 296 g/mol. The Hall–Kier alpha value is -2.47. The fourth-order valence-corrected chi connectivity index (χ4v) is 2.25. The predicted octanol–water partition coefficient (Wildman–Crippen LogP) is 1.95. The van der Waals surface area contributed by atoms with Gasteiger partial charge < -0.3 is 5.32 Å². The van der Waals surface area contributed by atoms with Gasteiger partial charge in [-0.05, 0) is 31.5 Å². The highest BCUT2D eigenvalue weighted by Gasteiger charge is 2.06. The molecule has 2 heterocycles. The zero-order chi connectivity index (χ0) is 15.4. The quantitative estimate of drug-likeness (QED) is 0.755. The summed E-state index contributed by atoms with van der Waals surface area (Å²) in [5.74, 6) is 0. The molecule has 3 aromatic rings. The Morgan fingerprint density at radius 1 is 1.14 bits per heavy atom. The molecule has 1 aromatic carbocycles. The van der Waals surface area contributed by atoms with Crippen molar-refractivity contribution in [3.8, 4) is 5.69 Å². The largest absolute Gasteiger partial charge is 0.307 e. The van der Waals surface area contributed by atoms with Gasteiger partial charge in [-0.25, -0.2) is 0 Å². The molecule has 0 saturated heterocycles. The Labute approximate surface area is 129 Å². The molecule has 0 fully saturated rings. The molecule has 0 aliphatic heterocycles. The molecule has 0 amide bonds. The zero-order valence-corrected chi connectivity index (χ0v) is 12.8. The van der Waals surface area contributed by atoms with E-state index in [-0.39, 0.29) is 0 Å². The van der Waals surface area contributed by atoms with E-state index >= 15 is 0 Å². The van der Waals surface area contributed by atoms with Gasteiger partial charge >= 0.3 is 0 Å². The summed E-state index contributed by atoms with van der Waals surface area (Å²) >= 11 is 0. The Bertz CT molecular complexity index is 715. The SMILES string of the molecule is Cc1cnn(CC(C)NCc2cnn(-c3ccccc3)n2)c1. The van der Waals surface area contributed by atoms with Crippen LogP contribution in [0.3, 0.4) is 0 Å². The lowest BCUT2D eigenvalue weighted by atomic mass is 10.3. The van der Waals surface area contributed by atoms with Crippen molar-refractivity contribution >= 4 is 0 Å². The average Bonchev–Trinajstić information content (AvgIpc) is 3.15. The Morgan fingerprint density at radius 2 is 1.95 bits per heavy atom. The van der Waals surface area contributed by atoms with Crippen LogP contribution < -0.4 is 5.32 Å². The van der Waals surface area contributed by atoms with Gasteiger partial charge in [0, 0.05) is 18.8 Å². The molecule has 114 valence electrons. The third-order valence-corrected chi connectivity index (χ3v) is 3.38. The average molecular weight is 296 g/mol. The number of para-hydroxylation sites is 1. The van der Waals surface area contributed by atoms with E-state index in [2.05, 4.69) is 27.5 Å². The molecule has 0 aliphatic rings. The lowest BCUT2D eigenvalue weighted by molar-refractivity contribution is 0.447. The summed E-state index contributed by atoms with van der Waals surface area (Å²) in [6, 6.07) is 10.2. The molecule has 6 heteroatoms. The molecule has 0 spiro atoms. The van der Waals surface area contributed by atoms with Crippen LogP contribution in [0.4, 0.5) is 0 Å². The van der Waals surface area contributed by atoms with Gasteiger partial charge in [0.1, 0.15) is 0 Å². The summed E-state index contributed by atoms with van der Waals surface area (Å²) < 4.78 is 1.95. The van der Waals surface area contributed by atoms with Gasteiger partial charge in [0.25, 0.3) is 0 Å². The number of nitrogens with zero attached hydrogens (tertiary/aromatic N) is 5. The van der Waals surface area contributed by atoms with Gasteiger partial charge in [-0.15, -0.1) is 0 Å². The second-order valence-electron chi connectivity index (χ2n) is 5.48. The van der Waals surface area contributed by atoms with E-state index < -0.39 is 0 Å². The van der Waals surface area contributed by atoms with Crippen LogP contribution in [0.15, 0.2) is 48.9 Å². The molecule has 0 radical (unpaired) electrons. The van der Waals surface area contributed by atoms with Crippen molar-refractivity contribution in [2.45, 2.75) is 33.0 Å². The minimum absolute atomic E-state index is 0.307. The van der Waals surface area contributed by atoms with Crippen molar-refractivity contribution in [3.63, 3.8) is 0 Å². The van der Waals surface area contributed by atoms with E-state index in [0.29, 0.717) is 12.6 Å². The highest BCUT2D eigenvalue weighted by Crippen LogP contribution is 2.04. The highest BCUT2D eigenvalue weighted by molar-refractivity contribution is 5.28. The second-order valence-corrected chi connectivity index (χ2v) is 5.48. The van der Waals surface area contributed by atoms with Crippen molar-refractivity contribution in [1.29, 1.82) is 0 Å². The van der Waals surface area contributed by atoms with Gasteiger partial charge in [-0.1, -0.05) is 18.2 Å². The number of hydrogen-bond donors (Lipinski definition) is 1. The van der Waals surface area contributed by atoms with Crippen LogP contribution in [0.1, 0.15) is 18.2 Å². The standard InChI is InChI=1S/C16H20N6/c1-13-8-18-21(11-13)12-14(2)17-9-15-10-19-22(20-15)16-6-4-3-5-7-16/h3-8,10-11,14,17H,9,12H2,1-2H3. The third kappa shape index (κ3) is 3.59. The van der Waals surface area contributed by atoms with Crippen molar-refractivity contribution in [1.82, 2.24) is 30.1 Å². The van der Waals surface area contributed by atoms with Crippen LogP contribution in [-0.4, -0.2) is 30.8 Å². The number of nitrogens with one attached hydrogen (secondary N) is 1. The first kappa shape index (κ1) is 14.5. The maximum atomic E-state index is 4.48. The van der Waals surface area contributed by atoms with E-state index in [9.17, 15) is 0 Å². The van der Waals surface area contributed by atoms with Gasteiger partial charge in [-0.2, -0.15) is 20.1 Å². The van der Waals surface area contributed by atoms with Gasteiger partial charge in [0.05, 0.1) is 30.3 Å². The predicted molar refractivity (Wildman–Crippen MR) is 84.6 cm³/mol. The molecule has 1 unspecified atom stereocenters. The molecule has 0 aliphatic carbocycles. The topological polar surface area (TPSA) is 60.6 Å². The molecule has 3 rings (SSSR count). The molecule has 1 atom stereocenters.